The van der Waals surface area contributed by atoms with Crippen LogP contribution in [-0.2, 0) is 11.8 Å². The summed E-state index contributed by atoms with van der Waals surface area (Å²) in [5.74, 6) is 2.22. The Morgan fingerprint density at radius 2 is 1.94 bits per heavy atom. The third-order valence-corrected chi connectivity index (χ3v) is 7.01. The molecule has 12 heteroatoms. The number of benzene rings is 1. The molecule has 36 heavy (non-hydrogen) atoms. The number of amides is 1. The number of aromatic nitrogens is 5. The van der Waals surface area contributed by atoms with Gasteiger partial charge in [0.1, 0.15) is 5.82 Å². The lowest BCUT2D eigenvalue weighted by atomic mass is 9.88. The number of carbonyl (C=O) groups excluding carboxylic acids is 1. The topological polar surface area (TPSA) is 134 Å². The number of hydrogen-bond acceptors (Lipinski definition) is 10. The fourth-order valence-corrected chi connectivity index (χ4v) is 5.15. The Bertz CT molecular complexity index is 1280. The number of ether oxygens (including phenoxy) is 1. The molecule has 2 aromatic heterocycles. The number of pyridine rings is 1. The van der Waals surface area contributed by atoms with Crippen LogP contribution < -0.4 is 26.1 Å². The highest BCUT2D eigenvalue weighted by atomic mass is 16.5. The molecule has 1 amide bonds. The number of piperidine rings is 1. The predicted octanol–water partition coefficient (Wildman–Crippen LogP) is 1.29. The summed E-state index contributed by atoms with van der Waals surface area (Å²) >= 11 is 0. The van der Waals surface area contributed by atoms with Crippen LogP contribution in [0.15, 0.2) is 36.4 Å². The molecule has 6 rings (SSSR count). The second-order valence-corrected chi connectivity index (χ2v) is 9.59. The number of aryl methyl sites for hydroxylation is 1. The Kier molecular flexibility index (Phi) is 5.69. The number of carbonyl (C=O) groups is 1. The zero-order valence-corrected chi connectivity index (χ0v) is 20.5. The molecule has 12 nitrogen and oxygen atoms in total. The number of anilines is 2. The molecule has 188 valence electrons. The SMILES string of the molecule is COc1c(NC2CC(Nc3cccc(C4CC4)n3)NC3NN(C)C(=O)C23)cccc1-c1nnn(C)n1. The summed E-state index contributed by atoms with van der Waals surface area (Å²) < 4.78 is 5.77. The number of hydrazine groups is 1. The first kappa shape index (κ1) is 22.7. The van der Waals surface area contributed by atoms with E-state index in [1.165, 1.54) is 17.6 Å². The molecule has 3 fully saturated rings. The van der Waals surface area contributed by atoms with Gasteiger partial charge in [-0.15, -0.1) is 10.2 Å². The minimum atomic E-state index is -0.304. The molecule has 2 saturated heterocycles. The van der Waals surface area contributed by atoms with Gasteiger partial charge < -0.3 is 15.4 Å². The average Bonchev–Trinajstić information content (AvgIpc) is 3.57. The highest BCUT2D eigenvalue weighted by Crippen LogP contribution is 2.40. The third-order valence-electron chi connectivity index (χ3n) is 7.01. The van der Waals surface area contributed by atoms with Crippen molar-refractivity contribution in [2.75, 3.05) is 24.8 Å². The van der Waals surface area contributed by atoms with Crippen LogP contribution in [0.1, 0.15) is 30.9 Å². The van der Waals surface area contributed by atoms with Crippen molar-refractivity contribution in [3.63, 3.8) is 0 Å². The number of hydrogen-bond donors (Lipinski definition) is 4. The summed E-state index contributed by atoms with van der Waals surface area (Å²) in [6.45, 7) is 0. The summed E-state index contributed by atoms with van der Waals surface area (Å²) in [6.07, 6.45) is 2.73. The van der Waals surface area contributed by atoms with E-state index in [9.17, 15) is 4.79 Å². The van der Waals surface area contributed by atoms with Gasteiger partial charge in [0.25, 0.3) is 0 Å². The maximum absolute atomic E-state index is 13.1. The summed E-state index contributed by atoms with van der Waals surface area (Å²) in [5, 5.41) is 24.6. The number of rotatable bonds is 7. The van der Waals surface area contributed by atoms with Crippen molar-refractivity contribution in [2.24, 2.45) is 13.0 Å². The number of fused-ring (bicyclic) bond motifs is 1. The highest BCUT2D eigenvalue weighted by Gasteiger charge is 2.48. The molecular weight excluding hydrogens is 460 g/mol. The van der Waals surface area contributed by atoms with Crippen molar-refractivity contribution in [1.29, 1.82) is 0 Å². The van der Waals surface area contributed by atoms with Crippen LogP contribution in [0.25, 0.3) is 11.4 Å². The van der Waals surface area contributed by atoms with E-state index in [1.807, 2.05) is 30.3 Å². The summed E-state index contributed by atoms with van der Waals surface area (Å²) in [7, 11) is 5.09. The van der Waals surface area contributed by atoms with Crippen molar-refractivity contribution in [2.45, 2.75) is 43.6 Å². The lowest BCUT2D eigenvalue weighted by Gasteiger charge is -2.39. The molecule has 1 saturated carbocycles. The fourth-order valence-electron chi connectivity index (χ4n) is 5.15. The van der Waals surface area contributed by atoms with E-state index in [2.05, 4.69) is 42.9 Å². The van der Waals surface area contributed by atoms with Gasteiger partial charge in [-0.2, -0.15) is 4.80 Å². The van der Waals surface area contributed by atoms with Gasteiger partial charge in [-0.1, -0.05) is 12.1 Å². The minimum Gasteiger partial charge on any atom is -0.494 e. The summed E-state index contributed by atoms with van der Waals surface area (Å²) in [6, 6.07) is 11.7. The molecule has 4 heterocycles. The largest absolute Gasteiger partial charge is 0.494 e. The lowest BCUT2D eigenvalue weighted by molar-refractivity contribution is -0.131. The molecule has 0 radical (unpaired) electrons. The Balaban J connectivity index is 1.28. The first-order valence-corrected chi connectivity index (χ1v) is 12.2. The van der Waals surface area contributed by atoms with E-state index >= 15 is 0 Å². The standard InChI is InChI=1S/C24H30N10O2/c1-33-24(35)20-17(25-16-8-4-6-14(21(16)36-3)22-29-32-34(2)31-22)12-19(28-23(20)30-33)27-18-9-5-7-15(26-18)13-10-11-13/h4-9,13,17,19-20,23,25,28,30H,10-12H2,1-3H3,(H,26,27). The molecule has 4 unspecified atom stereocenters. The molecular formula is C24H30N10O2. The second-order valence-electron chi connectivity index (χ2n) is 9.59. The van der Waals surface area contributed by atoms with E-state index in [4.69, 9.17) is 9.72 Å². The zero-order valence-electron chi connectivity index (χ0n) is 20.5. The van der Waals surface area contributed by atoms with Crippen LogP contribution in [0.3, 0.4) is 0 Å². The maximum atomic E-state index is 13.1. The first-order valence-electron chi connectivity index (χ1n) is 12.2. The number of nitrogens with one attached hydrogen (secondary N) is 4. The quantitative estimate of drug-likeness (QED) is 0.384. The Morgan fingerprint density at radius 1 is 1.11 bits per heavy atom. The van der Waals surface area contributed by atoms with Crippen molar-refractivity contribution >= 4 is 17.4 Å². The van der Waals surface area contributed by atoms with Gasteiger partial charge in [-0.25, -0.2) is 10.4 Å². The van der Waals surface area contributed by atoms with Crippen molar-refractivity contribution in [3.05, 3.63) is 42.1 Å². The van der Waals surface area contributed by atoms with Crippen LogP contribution in [-0.4, -0.2) is 68.6 Å². The smallest absolute Gasteiger partial charge is 0.244 e. The molecule has 2 aliphatic heterocycles. The summed E-state index contributed by atoms with van der Waals surface area (Å²) in [5.41, 5.74) is 5.88. The molecule has 4 atom stereocenters. The Hall–Kier alpha value is -3.77. The third kappa shape index (κ3) is 4.22. The number of para-hydroxylation sites is 1. The molecule has 1 aliphatic carbocycles. The van der Waals surface area contributed by atoms with Gasteiger partial charge in [0.2, 0.25) is 11.7 Å². The lowest BCUT2D eigenvalue weighted by Crippen LogP contribution is -2.60. The minimum absolute atomic E-state index is 0.0306. The Labute approximate surface area is 208 Å². The average molecular weight is 491 g/mol. The number of nitrogens with zero attached hydrogens (tertiary/aromatic N) is 6. The van der Waals surface area contributed by atoms with Gasteiger partial charge in [-0.3, -0.25) is 15.1 Å². The maximum Gasteiger partial charge on any atom is 0.244 e. The fraction of sp³-hybridized carbons (Fsp3) is 0.458. The van der Waals surface area contributed by atoms with Crippen molar-refractivity contribution in [1.82, 2.24) is 40.9 Å². The van der Waals surface area contributed by atoms with E-state index in [-0.39, 0.29) is 30.2 Å². The molecule has 1 aromatic carbocycles. The van der Waals surface area contributed by atoms with Gasteiger partial charge in [0.05, 0.1) is 43.7 Å². The van der Waals surface area contributed by atoms with Gasteiger partial charge in [0, 0.05) is 31.1 Å². The van der Waals surface area contributed by atoms with Crippen molar-refractivity contribution in [3.8, 4) is 17.1 Å². The van der Waals surface area contributed by atoms with E-state index in [1.54, 1.807) is 26.2 Å². The van der Waals surface area contributed by atoms with Crippen molar-refractivity contribution < 1.29 is 9.53 Å². The van der Waals surface area contributed by atoms with Gasteiger partial charge in [0.15, 0.2) is 5.75 Å². The zero-order chi connectivity index (χ0) is 24.8. The predicted molar refractivity (Wildman–Crippen MR) is 133 cm³/mol. The molecule has 0 bridgehead atoms. The monoisotopic (exact) mass is 490 g/mol. The molecule has 4 N–H and O–H groups in total. The Morgan fingerprint density at radius 3 is 2.69 bits per heavy atom. The van der Waals surface area contributed by atoms with Crippen LogP contribution >= 0.6 is 0 Å². The van der Waals surface area contributed by atoms with E-state index in [0.29, 0.717) is 23.9 Å². The number of tetrazole rings is 1. The van der Waals surface area contributed by atoms with E-state index in [0.717, 1.165) is 22.8 Å². The molecule has 3 aliphatic rings. The van der Waals surface area contributed by atoms with Crippen LogP contribution in [0.2, 0.25) is 0 Å². The summed E-state index contributed by atoms with van der Waals surface area (Å²) in [4.78, 5) is 19.3. The normalized spacial score (nSPS) is 25.5. The van der Waals surface area contributed by atoms with Gasteiger partial charge in [-0.05, 0) is 42.3 Å². The van der Waals surface area contributed by atoms with E-state index < -0.39 is 0 Å². The molecule has 0 spiro atoms. The second kappa shape index (κ2) is 9.03. The molecule has 3 aromatic rings. The van der Waals surface area contributed by atoms with Crippen LogP contribution in [0.4, 0.5) is 11.5 Å². The first-order chi connectivity index (χ1) is 17.5. The van der Waals surface area contributed by atoms with Crippen LogP contribution in [0, 0.1) is 5.92 Å². The number of methoxy groups -OCH3 is 1. The highest BCUT2D eigenvalue weighted by molar-refractivity contribution is 5.83. The van der Waals surface area contributed by atoms with Gasteiger partial charge >= 0.3 is 0 Å². The van der Waals surface area contributed by atoms with Crippen LogP contribution in [0.5, 0.6) is 5.75 Å².